The first kappa shape index (κ1) is 22.9. The van der Waals surface area contributed by atoms with Crippen molar-refractivity contribution in [3.8, 4) is 0 Å². The van der Waals surface area contributed by atoms with Gasteiger partial charge in [-0.05, 0) is 56.4 Å². The lowest BCUT2D eigenvalue weighted by Crippen LogP contribution is -2.22. The second-order valence-electron chi connectivity index (χ2n) is 6.93. The molecule has 0 unspecified atom stereocenters. The molecule has 1 aliphatic carbocycles. The second-order valence-corrected chi connectivity index (χ2v) is 9.57. The van der Waals surface area contributed by atoms with Crippen molar-refractivity contribution in [1.29, 1.82) is 0 Å². The van der Waals surface area contributed by atoms with Crippen LogP contribution in [0.25, 0.3) is 0 Å². The van der Waals surface area contributed by atoms with Crippen molar-refractivity contribution in [2.24, 2.45) is 5.14 Å². The fourth-order valence-electron chi connectivity index (χ4n) is 3.32. The van der Waals surface area contributed by atoms with E-state index < -0.39 is 34.5 Å². The Labute approximate surface area is 183 Å². The first-order chi connectivity index (χ1) is 14.6. The molecule has 9 nitrogen and oxygen atoms in total. The lowest BCUT2D eigenvalue weighted by molar-refractivity contribution is -0.119. The van der Waals surface area contributed by atoms with E-state index in [1.54, 1.807) is 13.8 Å². The number of hydrogen-bond donors (Lipinski definition) is 2. The fraction of sp³-hybridized carbons (Fsp3) is 0.350. The van der Waals surface area contributed by atoms with Crippen molar-refractivity contribution in [3.05, 3.63) is 45.3 Å². The number of anilines is 1. The van der Waals surface area contributed by atoms with Crippen LogP contribution in [-0.2, 0) is 37.1 Å². The van der Waals surface area contributed by atoms with Crippen LogP contribution in [0.15, 0.2) is 23.1 Å². The van der Waals surface area contributed by atoms with Crippen molar-refractivity contribution in [1.82, 2.24) is 0 Å². The molecular weight excluding hydrogens is 444 g/mol. The molecule has 0 aliphatic heterocycles. The summed E-state index contributed by atoms with van der Waals surface area (Å²) in [5.74, 6) is -2.00. The van der Waals surface area contributed by atoms with E-state index in [9.17, 15) is 22.8 Å². The maximum absolute atomic E-state index is 12.3. The fourth-order valence-corrected chi connectivity index (χ4v) is 5.42. The number of primary sulfonamides is 1. The number of esters is 2. The molecule has 0 bridgehead atoms. The monoisotopic (exact) mass is 466 g/mol. The highest BCUT2D eigenvalue weighted by molar-refractivity contribution is 7.89. The van der Waals surface area contributed by atoms with Gasteiger partial charge in [0, 0.05) is 4.88 Å². The third-order valence-corrected chi connectivity index (χ3v) is 6.98. The van der Waals surface area contributed by atoms with Crippen molar-refractivity contribution in [2.45, 2.75) is 38.0 Å². The van der Waals surface area contributed by atoms with Gasteiger partial charge in [0.25, 0.3) is 5.91 Å². The van der Waals surface area contributed by atoms with E-state index in [1.807, 2.05) is 0 Å². The second kappa shape index (κ2) is 9.16. The molecular formula is C20H22N2O7S2. The number of carbonyl (C=O) groups excluding carboxylic acids is 3. The van der Waals surface area contributed by atoms with Gasteiger partial charge < -0.3 is 14.8 Å². The van der Waals surface area contributed by atoms with Crippen LogP contribution in [0.5, 0.6) is 0 Å². The minimum absolute atomic E-state index is 0.0512. The highest BCUT2D eigenvalue weighted by atomic mass is 32.2. The Morgan fingerprint density at radius 2 is 1.90 bits per heavy atom. The zero-order valence-corrected chi connectivity index (χ0v) is 18.7. The molecule has 1 aliphatic rings. The Morgan fingerprint density at radius 3 is 2.58 bits per heavy atom. The summed E-state index contributed by atoms with van der Waals surface area (Å²) in [5.41, 5.74) is 1.58. The lowest BCUT2D eigenvalue weighted by Gasteiger charge is -2.09. The van der Waals surface area contributed by atoms with E-state index in [-0.39, 0.29) is 17.1 Å². The average molecular weight is 467 g/mol. The molecule has 0 atom stereocenters. The van der Waals surface area contributed by atoms with Crippen molar-refractivity contribution in [2.75, 3.05) is 18.5 Å². The number of aryl methyl sites for hydroxylation is 2. The predicted octanol–water partition coefficient (Wildman–Crippen LogP) is 2.16. The molecule has 31 heavy (non-hydrogen) atoms. The number of fused-ring (bicyclic) bond motifs is 1. The number of nitrogens with one attached hydrogen (secondary N) is 1. The number of carbonyl (C=O) groups is 3. The molecule has 1 aromatic carbocycles. The van der Waals surface area contributed by atoms with Crippen LogP contribution >= 0.6 is 11.3 Å². The predicted molar refractivity (Wildman–Crippen MR) is 114 cm³/mol. The first-order valence-corrected chi connectivity index (χ1v) is 11.9. The number of ether oxygens (including phenoxy) is 2. The quantitative estimate of drug-likeness (QED) is 0.596. The summed E-state index contributed by atoms with van der Waals surface area (Å²) in [5, 5.41) is 8.13. The molecule has 0 saturated carbocycles. The van der Waals surface area contributed by atoms with Gasteiger partial charge in [0.2, 0.25) is 10.0 Å². The van der Waals surface area contributed by atoms with Gasteiger partial charge in [0.05, 0.1) is 22.6 Å². The molecule has 3 rings (SSSR count). The first-order valence-electron chi connectivity index (χ1n) is 9.54. The summed E-state index contributed by atoms with van der Waals surface area (Å²) in [4.78, 5) is 37.8. The summed E-state index contributed by atoms with van der Waals surface area (Å²) < 4.78 is 33.3. The lowest BCUT2D eigenvalue weighted by atomic mass is 10.1. The number of amides is 1. The molecule has 0 radical (unpaired) electrons. The van der Waals surface area contributed by atoms with Gasteiger partial charge in [0.15, 0.2) is 6.61 Å². The summed E-state index contributed by atoms with van der Waals surface area (Å²) >= 11 is 1.31. The van der Waals surface area contributed by atoms with Crippen LogP contribution in [0, 0.1) is 6.92 Å². The minimum Gasteiger partial charge on any atom is -0.462 e. The Morgan fingerprint density at radius 1 is 1.16 bits per heavy atom. The van der Waals surface area contributed by atoms with Crippen molar-refractivity contribution < 1.29 is 32.3 Å². The number of thiophene rings is 1. The SMILES string of the molecule is CCOC(=O)c1c(NC(=O)COC(=O)c2ccc(C)c(S(N)(=O)=O)c2)sc2c1CCC2. The number of sulfonamides is 1. The van der Waals surface area contributed by atoms with E-state index in [0.717, 1.165) is 35.8 Å². The normalized spacial score (nSPS) is 12.9. The molecule has 1 heterocycles. The molecule has 0 saturated heterocycles. The van der Waals surface area contributed by atoms with Crippen LogP contribution in [0.3, 0.4) is 0 Å². The molecule has 11 heteroatoms. The summed E-state index contributed by atoms with van der Waals surface area (Å²) in [6, 6.07) is 3.91. The van der Waals surface area contributed by atoms with Gasteiger partial charge in [-0.1, -0.05) is 6.07 Å². The van der Waals surface area contributed by atoms with Gasteiger partial charge in [-0.15, -0.1) is 11.3 Å². The Kier molecular flexibility index (Phi) is 6.77. The van der Waals surface area contributed by atoms with Crippen LogP contribution < -0.4 is 10.5 Å². The largest absolute Gasteiger partial charge is 0.462 e. The minimum atomic E-state index is -4.01. The van der Waals surface area contributed by atoms with Crippen molar-refractivity contribution in [3.63, 3.8) is 0 Å². The Hall–Kier alpha value is -2.76. The highest BCUT2D eigenvalue weighted by Gasteiger charge is 2.28. The van der Waals surface area contributed by atoms with Gasteiger partial charge in [-0.2, -0.15) is 0 Å². The smallest absolute Gasteiger partial charge is 0.341 e. The molecule has 3 N–H and O–H groups in total. The molecule has 166 valence electrons. The summed E-state index contributed by atoms with van der Waals surface area (Å²) in [6.07, 6.45) is 2.51. The van der Waals surface area contributed by atoms with Crippen LogP contribution in [-0.4, -0.2) is 39.5 Å². The Balaban J connectivity index is 1.69. The van der Waals surface area contributed by atoms with E-state index in [4.69, 9.17) is 14.6 Å². The van der Waals surface area contributed by atoms with Crippen LogP contribution in [0.1, 0.15) is 50.1 Å². The van der Waals surface area contributed by atoms with Gasteiger partial charge in [-0.3, -0.25) is 4.79 Å². The topological polar surface area (TPSA) is 142 Å². The molecule has 2 aromatic rings. The van der Waals surface area contributed by atoms with E-state index in [1.165, 1.54) is 23.5 Å². The summed E-state index contributed by atoms with van der Waals surface area (Å²) in [7, 11) is -4.01. The molecule has 1 amide bonds. The van der Waals surface area contributed by atoms with Gasteiger partial charge >= 0.3 is 11.9 Å². The van der Waals surface area contributed by atoms with Gasteiger partial charge in [0.1, 0.15) is 5.00 Å². The zero-order chi connectivity index (χ0) is 22.8. The third-order valence-electron chi connectivity index (χ3n) is 4.72. The van der Waals surface area contributed by atoms with Crippen LogP contribution in [0.2, 0.25) is 0 Å². The number of rotatable bonds is 7. The van der Waals surface area contributed by atoms with E-state index in [2.05, 4.69) is 5.32 Å². The number of hydrogen-bond acceptors (Lipinski definition) is 8. The maximum atomic E-state index is 12.3. The Bertz CT molecular complexity index is 1150. The highest BCUT2D eigenvalue weighted by Crippen LogP contribution is 2.39. The molecule has 0 fully saturated rings. The zero-order valence-electron chi connectivity index (χ0n) is 17.0. The average Bonchev–Trinajstić information content (AvgIpc) is 3.26. The van der Waals surface area contributed by atoms with Crippen molar-refractivity contribution >= 4 is 44.2 Å². The van der Waals surface area contributed by atoms with Gasteiger partial charge in [-0.25, -0.2) is 23.1 Å². The maximum Gasteiger partial charge on any atom is 0.341 e. The third kappa shape index (κ3) is 5.12. The van der Waals surface area contributed by atoms with Crippen LogP contribution in [0.4, 0.5) is 5.00 Å². The standard InChI is InChI=1S/C20H22N2O7S2/c1-3-28-20(25)17-13-5-4-6-14(13)30-18(17)22-16(23)10-29-19(24)12-8-7-11(2)15(9-12)31(21,26)27/h7-9H,3-6,10H2,1-2H3,(H,22,23)(H2,21,26,27). The number of nitrogens with two attached hydrogens (primary N) is 1. The van der Waals surface area contributed by atoms with E-state index in [0.29, 0.717) is 16.1 Å². The molecule has 1 aromatic heterocycles. The summed E-state index contributed by atoms with van der Waals surface area (Å²) in [6.45, 7) is 2.85. The van der Waals surface area contributed by atoms with E-state index >= 15 is 0 Å². The molecule has 0 spiro atoms. The number of benzene rings is 1.